The van der Waals surface area contributed by atoms with Gasteiger partial charge in [-0.2, -0.15) is 0 Å². The first-order chi connectivity index (χ1) is 11.2. The zero-order valence-corrected chi connectivity index (χ0v) is 13.1. The van der Waals surface area contributed by atoms with Crippen molar-refractivity contribution in [1.29, 1.82) is 0 Å². The molecule has 0 unspecified atom stereocenters. The molecule has 23 heavy (non-hydrogen) atoms. The van der Waals surface area contributed by atoms with Crippen LogP contribution in [0, 0.1) is 0 Å². The van der Waals surface area contributed by atoms with Crippen molar-refractivity contribution >= 4 is 22.6 Å². The number of ether oxygens (including phenoxy) is 3. The Morgan fingerprint density at radius 3 is 2.43 bits per heavy atom. The first-order valence-corrected chi connectivity index (χ1v) is 7.15. The Bertz CT molecular complexity index is 698. The maximum Gasteiger partial charge on any atom is 0.341 e. The molecule has 0 saturated heterocycles. The summed E-state index contributed by atoms with van der Waals surface area (Å²) in [5, 5.41) is 4.45. The SMILES string of the molecule is COCCNC(=O)COc1cc2ccccc2cc1C(=O)OC. The second kappa shape index (κ2) is 8.14. The van der Waals surface area contributed by atoms with Crippen molar-refractivity contribution in [3.63, 3.8) is 0 Å². The van der Waals surface area contributed by atoms with Gasteiger partial charge in [-0.25, -0.2) is 4.79 Å². The maximum absolute atomic E-state index is 11.9. The molecule has 1 amide bonds. The van der Waals surface area contributed by atoms with Gasteiger partial charge in [-0.15, -0.1) is 0 Å². The van der Waals surface area contributed by atoms with Gasteiger partial charge in [-0.1, -0.05) is 24.3 Å². The molecule has 0 saturated carbocycles. The Kier molecular flexibility index (Phi) is 5.94. The number of hydrogen-bond acceptors (Lipinski definition) is 5. The van der Waals surface area contributed by atoms with Crippen molar-refractivity contribution in [2.45, 2.75) is 0 Å². The molecular formula is C17H19NO5. The number of nitrogens with one attached hydrogen (secondary N) is 1. The van der Waals surface area contributed by atoms with E-state index in [4.69, 9.17) is 14.2 Å². The molecule has 0 aliphatic heterocycles. The lowest BCUT2D eigenvalue weighted by atomic mass is 10.1. The molecule has 0 aromatic heterocycles. The maximum atomic E-state index is 11.9. The minimum Gasteiger partial charge on any atom is -0.483 e. The van der Waals surface area contributed by atoms with Crippen LogP contribution in [0.5, 0.6) is 5.75 Å². The Morgan fingerprint density at radius 1 is 1.09 bits per heavy atom. The van der Waals surface area contributed by atoms with Crippen molar-refractivity contribution in [1.82, 2.24) is 5.32 Å². The predicted octanol–water partition coefficient (Wildman–Crippen LogP) is 1.77. The van der Waals surface area contributed by atoms with E-state index in [1.54, 1.807) is 19.2 Å². The number of esters is 1. The molecule has 2 aromatic carbocycles. The number of benzene rings is 2. The smallest absolute Gasteiger partial charge is 0.341 e. The van der Waals surface area contributed by atoms with Crippen LogP contribution in [0.15, 0.2) is 36.4 Å². The average Bonchev–Trinajstić information content (AvgIpc) is 2.58. The van der Waals surface area contributed by atoms with Crippen molar-refractivity contribution < 1.29 is 23.8 Å². The fourth-order valence-corrected chi connectivity index (χ4v) is 2.10. The van der Waals surface area contributed by atoms with E-state index in [1.165, 1.54) is 7.11 Å². The summed E-state index contributed by atoms with van der Waals surface area (Å²) in [7, 11) is 2.86. The van der Waals surface area contributed by atoms with Crippen molar-refractivity contribution in [3.05, 3.63) is 42.0 Å². The highest BCUT2D eigenvalue weighted by molar-refractivity contribution is 5.98. The Hall–Kier alpha value is -2.60. The van der Waals surface area contributed by atoms with E-state index in [0.717, 1.165) is 10.8 Å². The highest BCUT2D eigenvalue weighted by Gasteiger charge is 2.15. The molecule has 0 atom stereocenters. The molecule has 0 fully saturated rings. The van der Waals surface area contributed by atoms with Gasteiger partial charge in [0.25, 0.3) is 5.91 Å². The first-order valence-electron chi connectivity index (χ1n) is 7.15. The van der Waals surface area contributed by atoms with Gasteiger partial charge in [0.2, 0.25) is 0 Å². The van der Waals surface area contributed by atoms with Crippen molar-refractivity contribution in [3.8, 4) is 5.75 Å². The summed E-state index contributed by atoms with van der Waals surface area (Å²) >= 11 is 0. The standard InChI is InChI=1S/C17H19NO5/c1-21-8-7-18-16(19)11-23-15-10-13-6-4-3-5-12(13)9-14(15)17(20)22-2/h3-6,9-10H,7-8,11H2,1-2H3,(H,18,19). The minimum absolute atomic E-state index is 0.188. The Balaban J connectivity index is 2.17. The second-order valence-corrected chi connectivity index (χ2v) is 4.82. The topological polar surface area (TPSA) is 73.9 Å². The van der Waals surface area contributed by atoms with Gasteiger partial charge in [0.05, 0.1) is 13.7 Å². The van der Waals surface area contributed by atoms with Gasteiger partial charge < -0.3 is 19.5 Å². The fourth-order valence-electron chi connectivity index (χ4n) is 2.10. The van der Waals surface area contributed by atoms with Crippen LogP contribution < -0.4 is 10.1 Å². The van der Waals surface area contributed by atoms with Gasteiger partial charge in [0, 0.05) is 13.7 Å². The largest absolute Gasteiger partial charge is 0.483 e. The third-order valence-electron chi connectivity index (χ3n) is 3.24. The van der Waals surface area contributed by atoms with Crippen molar-refractivity contribution in [2.75, 3.05) is 34.0 Å². The first kappa shape index (κ1) is 16.8. The third-order valence-corrected chi connectivity index (χ3v) is 3.24. The van der Waals surface area contributed by atoms with Crippen LogP contribution >= 0.6 is 0 Å². The van der Waals surface area contributed by atoms with Gasteiger partial charge >= 0.3 is 5.97 Å². The van der Waals surface area contributed by atoms with Gasteiger partial charge in [-0.3, -0.25) is 4.79 Å². The molecule has 0 radical (unpaired) electrons. The van der Waals surface area contributed by atoms with E-state index in [0.29, 0.717) is 18.9 Å². The molecule has 6 nitrogen and oxygen atoms in total. The van der Waals surface area contributed by atoms with Gasteiger partial charge in [-0.05, 0) is 22.9 Å². The van der Waals surface area contributed by atoms with Crippen LogP contribution in [-0.4, -0.2) is 45.9 Å². The summed E-state index contributed by atoms with van der Waals surface area (Å²) in [5.74, 6) is -0.478. The summed E-state index contributed by atoms with van der Waals surface area (Å²) in [6, 6.07) is 11.0. The number of hydrogen-bond donors (Lipinski definition) is 1. The number of fused-ring (bicyclic) bond motifs is 1. The normalized spacial score (nSPS) is 10.3. The highest BCUT2D eigenvalue weighted by atomic mass is 16.5. The van der Waals surface area contributed by atoms with E-state index in [2.05, 4.69) is 5.32 Å². The Labute approximate surface area is 134 Å². The lowest BCUT2D eigenvalue weighted by Crippen LogP contribution is -2.31. The summed E-state index contributed by atoms with van der Waals surface area (Å²) in [4.78, 5) is 23.6. The fraction of sp³-hybridized carbons (Fsp3) is 0.294. The van der Waals surface area contributed by atoms with Gasteiger partial charge in [0.15, 0.2) is 6.61 Å². The summed E-state index contributed by atoms with van der Waals surface area (Å²) in [6.07, 6.45) is 0. The number of methoxy groups -OCH3 is 2. The molecule has 122 valence electrons. The van der Waals surface area contributed by atoms with Crippen LogP contribution in [-0.2, 0) is 14.3 Å². The third kappa shape index (κ3) is 4.43. The van der Waals surface area contributed by atoms with E-state index in [-0.39, 0.29) is 18.1 Å². The van der Waals surface area contributed by atoms with E-state index in [9.17, 15) is 9.59 Å². The quantitative estimate of drug-likeness (QED) is 0.622. The van der Waals surface area contributed by atoms with Crippen LogP contribution in [0.2, 0.25) is 0 Å². The van der Waals surface area contributed by atoms with E-state index < -0.39 is 5.97 Å². The lowest BCUT2D eigenvalue weighted by Gasteiger charge is -2.12. The van der Waals surface area contributed by atoms with Crippen molar-refractivity contribution in [2.24, 2.45) is 0 Å². The predicted molar refractivity (Wildman–Crippen MR) is 85.7 cm³/mol. The monoisotopic (exact) mass is 317 g/mol. The number of amides is 1. The van der Waals surface area contributed by atoms with Crippen LogP contribution in [0.1, 0.15) is 10.4 Å². The zero-order chi connectivity index (χ0) is 16.7. The van der Waals surface area contributed by atoms with Gasteiger partial charge in [0.1, 0.15) is 11.3 Å². The zero-order valence-electron chi connectivity index (χ0n) is 13.1. The Morgan fingerprint density at radius 2 is 1.78 bits per heavy atom. The molecule has 0 bridgehead atoms. The van der Waals surface area contributed by atoms with E-state index in [1.807, 2.05) is 24.3 Å². The number of rotatable bonds is 7. The summed E-state index contributed by atoms with van der Waals surface area (Å²) < 4.78 is 15.1. The number of carbonyl (C=O) groups excluding carboxylic acids is 2. The van der Waals surface area contributed by atoms with Crippen LogP contribution in [0.25, 0.3) is 10.8 Å². The molecule has 0 spiro atoms. The second-order valence-electron chi connectivity index (χ2n) is 4.82. The molecule has 6 heteroatoms. The van der Waals surface area contributed by atoms with Crippen LogP contribution in [0.3, 0.4) is 0 Å². The molecule has 0 aliphatic carbocycles. The molecule has 2 rings (SSSR count). The average molecular weight is 317 g/mol. The van der Waals surface area contributed by atoms with E-state index >= 15 is 0 Å². The lowest BCUT2D eigenvalue weighted by molar-refractivity contribution is -0.123. The molecule has 0 heterocycles. The van der Waals surface area contributed by atoms with Crippen LogP contribution in [0.4, 0.5) is 0 Å². The summed E-state index contributed by atoms with van der Waals surface area (Å²) in [5.41, 5.74) is 0.288. The highest BCUT2D eigenvalue weighted by Crippen LogP contribution is 2.26. The molecule has 0 aliphatic rings. The minimum atomic E-state index is -0.509. The molecular weight excluding hydrogens is 298 g/mol. The number of carbonyl (C=O) groups is 2. The molecule has 2 aromatic rings. The summed E-state index contributed by atoms with van der Waals surface area (Å²) in [6.45, 7) is 0.640. The molecule has 1 N–H and O–H groups in total.